The molecule has 66 valence electrons. The third-order valence-electron chi connectivity index (χ3n) is 1.62. The molecule has 0 unspecified atom stereocenters. The molecular formula is C10H17NSi. The molecule has 0 bridgehead atoms. The van der Waals surface area contributed by atoms with E-state index in [1.807, 2.05) is 6.92 Å². The minimum absolute atomic E-state index is 0.438. The van der Waals surface area contributed by atoms with Gasteiger partial charge in [-0.15, -0.1) is 5.54 Å². The van der Waals surface area contributed by atoms with Crippen LogP contribution < -0.4 is 5.32 Å². The molecule has 0 saturated carbocycles. The standard InChI is InChI=1S/C10H17NSi/c1-5-6-9-10(11-9)7-8-12(2,3)4/h5-6,9-11H,1-4H3/b6-5+/t9-,10-/m1/s1. The van der Waals surface area contributed by atoms with Crippen LogP contribution in [0.15, 0.2) is 12.2 Å². The molecule has 2 atom stereocenters. The first-order valence-electron chi connectivity index (χ1n) is 4.44. The lowest BCUT2D eigenvalue weighted by Crippen LogP contribution is -2.16. The maximum atomic E-state index is 3.36. The Kier molecular flexibility index (Phi) is 2.76. The predicted molar refractivity (Wildman–Crippen MR) is 56.6 cm³/mol. The zero-order valence-corrected chi connectivity index (χ0v) is 9.31. The Morgan fingerprint density at radius 2 is 2.00 bits per heavy atom. The SMILES string of the molecule is C/C=C/[C@H]1N[C@@H]1C#C[Si](C)(C)C. The van der Waals surface area contributed by atoms with E-state index in [0.29, 0.717) is 12.1 Å². The summed E-state index contributed by atoms with van der Waals surface area (Å²) in [6.45, 7) is 8.86. The third kappa shape index (κ3) is 3.25. The van der Waals surface area contributed by atoms with Gasteiger partial charge in [-0.2, -0.15) is 0 Å². The van der Waals surface area contributed by atoms with Gasteiger partial charge in [0.25, 0.3) is 0 Å². The van der Waals surface area contributed by atoms with E-state index in [1.54, 1.807) is 0 Å². The fourth-order valence-electron chi connectivity index (χ4n) is 0.951. The molecule has 1 saturated heterocycles. The first kappa shape index (κ1) is 9.56. The summed E-state index contributed by atoms with van der Waals surface area (Å²) in [7, 11) is -1.16. The molecule has 1 aliphatic rings. The van der Waals surface area contributed by atoms with Gasteiger partial charge in [0, 0.05) is 0 Å². The van der Waals surface area contributed by atoms with Crippen LogP contribution >= 0.6 is 0 Å². The number of nitrogens with one attached hydrogen (secondary N) is 1. The summed E-state index contributed by atoms with van der Waals surface area (Å²) in [6, 6.07) is 0.965. The number of allylic oxidation sites excluding steroid dienone is 1. The average molecular weight is 179 g/mol. The van der Waals surface area contributed by atoms with Crippen LogP contribution in [0.2, 0.25) is 19.6 Å². The molecule has 12 heavy (non-hydrogen) atoms. The van der Waals surface area contributed by atoms with Crippen molar-refractivity contribution < 1.29 is 0 Å². The van der Waals surface area contributed by atoms with Crippen molar-refractivity contribution in [3.63, 3.8) is 0 Å². The van der Waals surface area contributed by atoms with Crippen LogP contribution in [0.5, 0.6) is 0 Å². The minimum atomic E-state index is -1.16. The second-order valence-corrected chi connectivity index (χ2v) is 8.97. The van der Waals surface area contributed by atoms with Gasteiger partial charge < -0.3 is 0 Å². The van der Waals surface area contributed by atoms with Gasteiger partial charge in [0.1, 0.15) is 8.07 Å². The van der Waals surface area contributed by atoms with E-state index in [1.165, 1.54) is 0 Å². The molecule has 1 aliphatic heterocycles. The van der Waals surface area contributed by atoms with Gasteiger partial charge in [0.2, 0.25) is 0 Å². The Labute approximate surface area is 76.3 Å². The number of hydrogen-bond donors (Lipinski definition) is 1. The smallest absolute Gasteiger partial charge is 0.129 e. The van der Waals surface area contributed by atoms with Gasteiger partial charge in [0.15, 0.2) is 0 Å². The summed E-state index contributed by atoms with van der Waals surface area (Å²) in [5.74, 6) is 3.28. The van der Waals surface area contributed by atoms with Gasteiger partial charge in [0.05, 0.1) is 12.1 Å². The molecule has 0 spiro atoms. The van der Waals surface area contributed by atoms with Crippen LogP contribution in [0.3, 0.4) is 0 Å². The molecule has 0 aromatic heterocycles. The molecule has 1 N–H and O–H groups in total. The minimum Gasteiger partial charge on any atom is -0.293 e. The van der Waals surface area contributed by atoms with Crippen molar-refractivity contribution in [3.8, 4) is 11.5 Å². The van der Waals surface area contributed by atoms with Gasteiger partial charge in [-0.3, -0.25) is 5.32 Å². The summed E-state index contributed by atoms with van der Waals surface area (Å²) < 4.78 is 0. The lowest BCUT2D eigenvalue weighted by atomic mass is 10.3. The van der Waals surface area contributed by atoms with E-state index >= 15 is 0 Å². The van der Waals surface area contributed by atoms with Crippen molar-refractivity contribution in [2.45, 2.75) is 38.6 Å². The molecule has 0 aromatic rings. The van der Waals surface area contributed by atoms with Crippen LogP contribution in [-0.4, -0.2) is 20.2 Å². The van der Waals surface area contributed by atoms with E-state index in [-0.39, 0.29) is 0 Å². The zero-order chi connectivity index (χ0) is 9.19. The lowest BCUT2D eigenvalue weighted by Gasteiger charge is -2.02. The van der Waals surface area contributed by atoms with Crippen LogP contribution in [0.4, 0.5) is 0 Å². The quantitative estimate of drug-likeness (QED) is 0.282. The fourth-order valence-corrected chi connectivity index (χ4v) is 1.54. The lowest BCUT2D eigenvalue weighted by molar-refractivity contribution is 1.20. The van der Waals surface area contributed by atoms with Gasteiger partial charge in [-0.25, -0.2) is 0 Å². The average Bonchev–Trinajstić information content (AvgIpc) is 2.63. The molecule has 1 rings (SSSR count). The second kappa shape index (κ2) is 3.47. The maximum absolute atomic E-state index is 3.36. The van der Waals surface area contributed by atoms with Crippen LogP contribution in [0.25, 0.3) is 0 Å². The van der Waals surface area contributed by atoms with E-state index in [4.69, 9.17) is 0 Å². The Balaban J connectivity index is 2.39. The molecule has 0 radical (unpaired) electrons. The second-order valence-electron chi connectivity index (χ2n) is 4.22. The van der Waals surface area contributed by atoms with Gasteiger partial charge in [-0.1, -0.05) is 37.7 Å². The molecule has 0 amide bonds. The summed E-state index contributed by atoms with van der Waals surface area (Å²) in [5, 5.41) is 3.30. The highest BCUT2D eigenvalue weighted by molar-refractivity contribution is 6.83. The monoisotopic (exact) mass is 179 g/mol. The molecular weight excluding hydrogens is 162 g/mol. The summed E-state index contributed by atoms with van der Waals surface area (Å²) in [4.78, 5) is 0. The Morgan fingerprint density at radius 1 is 1.33 bits per heavy atom. The molecule has 1 heterocycles. The van der Waals surface area contributed by atoms with E-state index in [2.05, 4.69) is 48.6 Å². The van der Waals surface area contributed by atoms with Crippen LogP contribution in [-0.2, 0) is 0 Å². The normalized spacial score (nSPS) is 28.3. The summed E-state index contributed by atoms with van der Waals surface area (Å²) in [6.07, 6.45) is 4.25. The zero-order valence-electron chi connectivity index (χ0n) is 8.31. The number of rotatable bonds is 1. The first-order valence-corrected chi connectivity index (χ1v) is 7.94. The van der Waals surface area contributed by atoms with Crippen molar-refractivity contribution in [3.05, 3.63) is 12.2 Å². The van der Waals surface area contributed by atoms with Gasteiger partial charge >= 0.3 is 0 Å². The van der Waals surface area contributed by atoms with Crippen molar-refractivity contribution >= 4 is 8.07 Å². The Bertz CT molecular complexity index is 239. The Hall–Kier alpha value is -0.523. The van der Waals surface area contributed by atoms with Crippen molar-refractivity contribution in [1.82, 2.24) is 5.32 Å². The Morgan fingerprint density at radius 3 is 2.50 bits per heavy atom. The molecule has 1 nitrogen and oxygen atoms in total. The van der Waals surface area contributed by atoms with E-state index in [9.17, 15) is 0 Å². The maximum Gasteiger partial charge on any atom is 0.129 e. The van der Waals surface area contributed by atoms with Crippen LogP contribution in [0.1, 0.15) is 6.92 Å². The van der Waals surface area contributed by atoms with Gasteiger partial charge in [-0.05, 0) is 6.92 Å². The van der Waals surface area contributed by atoms with Crippen LogP contribution in [0, 0.1) is 11.5 Å². The van der Waals surface area contributed by atoms with Crippen molar-refractivity contribution in [2.75, 3.05) is 0 Å². The molecule has 1 fully saturated rings. The molecule has 2 heteroatoms. The van der Waals surface area contributed by atoms with Crippen molar-refractivity contribution in [2.24, 2.45) is 0 Å². The highest BCUT2D eigenvalue weighted by Crippen LogP contribution is 2.11. The molecule has 0 aromatic carbocycles. The summed E-state index contributed by atoms with van der Waals surface area (Å²) >= 11 is 0. The third-order valence-corrected chi connectivity index (χ3v) is 2.52. The highest BCUT2D eigenvalue weighted by atomic mass is 28.3. The van der Waals surface area contributed by atoms with E-state index in [0.717, 1.165) is 0 Å². The molecule has 0 aliphatic carbocycles. The predicted octanol–water partition coefficient (Wildman–Crippen LogP) is 1.78. The summed E-state index contributed by atoms with van der Waals surface area (Å²) in [5.41, 5.74) is 3.36. The topological polar surface area (TPSA) is 21.9 Å². The first-order chi connectivity index (χ1) is 5.53. The number of hydrogen-bond acceptors (Lipinski definition) is 1. The largest absolute Gasteiger partial charge is 0.293 e. The van der Waals surface area contributed by atoms with E-state index < -0.39 is 8.07 Å². The van der Waals surface area contributed by atoms with Crippen molar-refractivity contribution in [1.29, 1.82) is 0 Å². The highest BCUT2D eigenvalue weighted by Gasteiger charge is 2.31. The fraction of sp³-hybridized carbons (Fsp3) is 0.600.